The number of aromatic nitrogens is 2. The van der Waals surface area contributed by atoms with Crippen molar-refractivity contribution in [1.29, 1.82) is 0 Å². The first-order valence-corrected chi connectivity index (χ1v) is 10.7. The van der Waals surface area contributed by atoms with Gasteiger partial charge in [-0.05, 0) is 42.1 Å². The number of hydrogen-bond acceptors (Lipinski definition) is 5. The lowest BCUT2D eigenvalue weighted by Crippen LogP contribution is -2.07. The first kappa shape index (κ1) is 22.7. The van der Waals surface area contributed by atoms with Gasteiger partial charge in [0, 0.05) is 24.2 Å². The molecule has 6 nitrogen and oxygen atoms in total. The number of benzene rings is 2. The molecular weight excluding hydrogens is 437 g/mol. The van der Waals surface area contributed by atoms with E-state index in [-0.39, 0.29) is 17.5 Å². The second-order valence-corrected chi connectivity index (χ2v) is 7.60. The summed E-state index contributed by atoms with van der Waals surface area (Å²) in [5, 5.41) is 4.19. The number of carbonyl (C=O) groups is 1. The first-order valence-electron chi connectivity index (χ1n) is 10.7. The first-order chi connectivity index (χ1) is 15.9. The summed E-state index contributed by atoms with van der Waals surface area (Å²) in [5.41, 5.74) is 0.592. The van der Waals surface area contributed by atoms with Crippen LogP contribution in [0.3, 0.4) is 0 Å². The zero-order valence-corrected chi connectivity index (χ0v) is 18.0. The van der Waals surface area contributed by atoms with Gasteiger partial charge < -0.3 is 23.4 Å². The van der Waals surface area contributed by atoms with Crippen LogP contribution in [0.15, 0.2) is 47.1 Å². The molecule has 0 amide bonds. The predicted molar refractivity (Wildman–Crippen MR) is 117 cm³/mol. The molecule has 0 N–H and O–H groups in total. The average molecular weight is 460 g/mol. The third-order valence-electron chi connectivity index (χ3n) is 5.30. The highest BCUT2D eigenvalue weighted by atomic mass is 19.4. The molecule has 0 aliphatic heterocycles. The number of nitrogens with zero attached hydrogens (tertiary/aromatic N) is 2. The van der Waals surface area contributed by atoms with E-state index in [9.17, 15) is 18.0 Å². The minimum Gasteiger partial charge on any atom is -0.493 e. The van der Waals surface area contributed by atoms with Crippen LogP contribution in [0.1, 0.15) is 31.0 Å². The molecule has 2 aromatic carbocycles. The fourth-order valence-corrected chi connectivity index (χ4v) is 3.79. The van der Waals surface area contributed by atoms with Crippen LogP contribution < -0.4 is 9.47 Å². The van der Waals surface area contributed by atoms with E-state index in [4.69, 9.17) is 14.0 Å². The van der Waals surface area contributed by atoms with Crippen molar-refractivity contribution in [3.8, 4) is 11.5 Å². The van der Waals surface area contributed by atoms with Crippen LogP contribution in [0.4, 0.5) is 13.2 Å². The van der Waals surface area contributed by atoms with Crippen LogP contribution in [0, 0.1) is 0 Å². The Hall–Kier alpha value is -3.49. The van der Waals surface area contributed by atoms with Crippen molar-refractivity contribution in [3.05, 3.63) is 53.9 Å². The Morgan fingerprint density at radius 2 is 1.94 bits per heavy atom. The normalized spacial score (nSPS) is 11.9. The molecule has 9 heteroatoms. The molecule has 0 aliphatic carbocycles. The van der Waals surface area contributed by atoms with Gasteiger partial charge in [-0.25, -0.2) is 0 Å². The Bertz CT molecular complexity index is 1260. The summed E-state index contributed by atoms with van der Waals surface area (Å²) in [6, 6.07) is 10.5. The number of rotatable bonds is 10. The molecule has 2 heterocycles. The topological polar surface area (TPSA) is 66.5 Å². The largest absolute Gasteiger partial charge is 0.493 e. The maximum absolute atomic E-state index is 13.1. The van der Waals surface area contributed by atoms with Crippen molar-refractivity contribution in [2.45, 2.75) is 38.9 Å². The van der Waals surface area contributed by atoms with E-state index in [1.165, 1.54) is 12.1 Å². The van der Waals surface area contributed by atoms with Crippen molar-refractivity contribution >= 4 is 28.2 Å². The van der Waals surface area contributed by atoms with E-state index in [1.54, 1.807) is 0 Å². The van der Waals surface area contributed by atoms with Gasteiger partial charge in [-0.2, -0.15) is 13.2 Å². The fourth-order valence-electron chi connectivity index (χ4n) is 3.79. The predicted octanol–water partition coefficient (Wildman–Crippen LogP) is 5.80. The zero-order chi connectivity index (χ0) is 23.4. The van der Waals surface area contributed by atoms with Crippen molar-refractivity contribution in [1.82, 2.24) is 9.72 Å². The Balaban J connectivity index is 1.39. The molecule has 33 heavy (non-hydrogen) atoms. The fraction of sp³-hybridized carbons (Fsp3) is 0.333. The third-order valence-corrected chi connectivity index (χ3v) is 5.30. The van der Waals surface area contributed by atoms with Crippen molar-refractivity contribution in [3.63, 3.8) is 0 Å². The van der Waals surface area contributed by atoms with Gasteiger partial charge in [0.05, 0.1) is 30.7 Å². The van der Waals surface area contributed by atoms with E-state index in [0.29, 0.717) is 43.1 Å². The number of carbonyl (C=O) groups excluding carboxylic acids is 1. The second kappa shape index (κ2) is 9.56. The number of fused-ring (bicyclic) bond motifs is 2. The molecule has 0 fully saturated rings. The van der Waals surface area contributed by atoms with E-state index in [1.807, 2.05) is 42.0 Å². The Kier molecular flexibility index (Phi) is 6.57. The van der Waals surface area contributed by atoms with E-state index in [2.05, 4.69) is 5.16 Å². The highest BCUT2D eigenvalue weighted by Gasteiger charge is 2.37. The Morgan fingerprint density at radius 1 is 1.12 bits per heavy atom. The minimum atomic E-state index is -4.58. The quantitative estimate of drug-likeness (QED) is 0.221. The van der Waals surface area contributed by atoms with Gasteiger partial charge in [-0.3, -0.25) is 0 Å². The Morgan fingerprint density at radius 3 is 2.70 bits per heavy atom. The summed E-state index contributed by atoms with van der Waals surface area (Å²) in [6.07, 6.45) is -0.0800. The lowest BCUT2D eigenvalue weighted by molar-refractivity contribution is -0.141. The maximum atomic E-state index is 13.1. The lowest BCUT2D eigenvalue weighted by Gasteiger charge is -2.12. The highest BCUT2D eigenvalue weighted by Crippen LogP contribution is 2.38. The summed E-state index contributed by atoms with van der Waals surface area (Å²) in [7, 11) is 0. The van der Waals surface area contributed by atoms with Crippen LogP contribution >= 0.6 is 0 Å². The molecule has 2 aromatic heterocycles. The highest BCUT2D eigenvalue weighted by molar-refractivity contribution is 5.85. The maximum Gasteiger partial charge on any atom is 0.437 e. The summed E-state index contributed by atoms with van der Waals surface area (Å²) < 4.78 is 58.0. The molecule has 0 unspecified atom stereocenters. The number of aryl methyl sites for hydroxylation is 1. The molecule has 4 rings (SSSR count). The molecule has 0 radical (unpaired) electrons. The number of ether oxygens (including phenoxy) is 2. The van der Waals surface area contributed by atoms with E-state index < -0.39 is 11.9 Å². The molecular formula is C24H23F3N2O4. The van der Waals surface area contributed by atoms with Crippen molar-refractivity contribution in [2.75, 3.05) is 13.2 Å². The number of alkyl halides is 3. The Labute approximate surface area is 187 Å². The van der Waals surface area contributed by atoms with Gasteiger partial charge in [-0.15, -0.1) is 0 Å². The van der Waals surface area contributed by atoms with Crippen molar-refractivity contribution in [2.24, 2.45) is 0 Å². The number of aldehydes is 1. The van der Waals surface area contributed by atoms with Gasteiger partial charge in [0.15, 0.2) is 11.3 Å². The molecule has 0 aliphatic rings. The van der Waals surface area contributed by atoms with Gasteiger partial charge in [-0.1, -0.05) is 18.5 Å². The third kappa shape index (κ3) is 4.81. The molecule has 4 aromatic rings. The monoisotopic (exact) mass is 460 g/mol. The summed E-state index contributed by atoms with van der Waals surface area (Å²) in [5.74, 6) is 1.17. The molecule has 0 saturated heterocycles. The van der Waals surface area contributed by atoms with Gasteiger partial charge in [0.25, 0.3) is 0 Å². The van der Waals surface area contributed by atoms with Crippen LogP contribution in [0.25, 0.3) is 21.9 Å². The van der Waals surface area contributed by atoms with E-state index in [0.717, 1.165) is 23.6 Å². The van der Waals surface area contributed by atoms with Crippen LogP contribution in [0.2, 0.25) is 0 Å². The SMILES string of the molecule is CCCc1c(OCCCOc2ccc3ccn(CC=O)c3c2)ccc2c(C(F)(F)F)noc12. The molecule has 174 valence electrons. The summed E-state index contributed by atoms with van der Waals surface area (Å²) in [6.45, 7) is 2.93. The number of hydrogen-bond donors (Lipinski definition) is 0. The molecule has 0 saturated carbocycles. The van der Waals surface area contributed by atoms with E-state index >= 15 is 0 Å². The van der Waals surface area contributed by atoms with Gasteiger partial charge >= 0.3 is 6.18 Å². The molecule has 0 bridgehead atoms. The van der Waals surface area contributed by atoms with Gasteiger partial charge in [0.2, 0.25) is 0 Å². The van der Waals surface area contributed by atoms with Crippen molar-refractivity contribution < 1.29 is 32.0 Å². The molecule has 0 spiro atoms. The minimum absolute atomic E-state index is 0.0589. The average Bonchev–Trinajstić information content (AvgIpc) is 3.39. The van der Waals surface area contributed by atoms with Crippen LogP contribution in [0.5, 0.6) is 11.5 Å². The standard InChI is InChI=1S/C24H23F3N2O4/c1-2-4-18-21(8-7-19-22(18)33-28-23(19)24(25,26)27)32-14-3-13-31-17-6-5-16-9-10-29(11-12-30)20(16)15-17/h5-10,12,15H,2-4,11,13-14H2,1H3. The van der Waals surface area contributed by atoms with Gasteiger partial charge in [0.1, 0.15) is 17.8 Å². The van der Waals surface area contributed by atoms with Crippen LogP contribution in [-0.4, -0.2) is 29.2 Å². The zero-order valence-electron chi connectivity index (χ0n) is 18.0. The molecule has 0 atom stereocenters. The summed E-state index contributed by atoms with van der Waals surface area (Å²) >= 11 is 0. The van der Waals surface area contributed by atoms with Crippen LogP contribution in [-0.2, 0) is 23.9 Å². The second-order valence-electron chi connectivity index (χ2n) is 7.60. The smallest absolute Gasteiger partial charge is 0.437 e. The number of halogens is 3. The lowest BCUT2D eigenvalue weighted by atomic mass is 10.0. The summed E-state index contributed by atoms with van der Waals surface area (Å²) in [4.78, 5) is 10.8.